The Morgan fingerprint density at radius 3 is 1.11 bits per heavy atom. The summed E-state index contributed by atoms with van der Waals surface area (Å²) in [7, 11) is 0. The number of nitrogens with two attached hydrogens (primary N) is 2. The van der Waals surface area contributed by atoms with Gasteiger partial charge in [0.25, 0.3) is 0 Å². The van der Waals surface area contributed by atoms with Crippen LogP contribution in [-0.4, -0.2) is 0 Å². The predicted molar refractivity (Wildman–Crippen MR) is 115 cm³/mol. The van der Waals surface area contributed by atoms with Crippen molar-refractivity contribution in [3.05, 3.63) is 109 Å². The van der Waals surface area contributed by atoms with Gasteiger partial charge in [0.05, 0.1) is 0 Å². The maximum atomic E-state index is 5.78. The van der Waals surface area contributed by atoms with Gasteiger partial charge in [0.15, 0.2) is 0 Å². The zero-order valence-corrected chi connectivity index (χ0v) is 15.4. The fourth-order valence-electron chi connectivity index (χ4n) is 2.33. The van der Waals surface area contributed by atoms with E-state index in [4.69, 9.17) is 20.9 Å². The molecule has 4 aromatic rings. The Hall–Kier alpha value is -3.92. The third kappa shape index (κ3) is 6.11. The molecule has 4 N–H and O–H groups in total. The first-order chi connectivity index (χ1) is 13.7. The van der Waals surface area contributed by atoms with Crippen molar-refractivity contribution in [3.8, 4) is 23.0 Å². The number of nitrogen functional groups attached to an aromatic ring is 2. The van der Waals surface area contributed by atoms with Crippen LogP contribution in [0.15, 0.2) is 109 Å². The Labute approximate surface area is 165 Å². The molecular formula is C24H22N2O2. The van der Waals surface area contributed by atoms with Crippen LogP contribution in [-0.2, 0) is 0 Å². The molecule has 0 bridgehead atoms. The minimum absolute atomic E-state index is 0.692. The van der Waals surface area contributed by atoms with Gasteiger partial charge in [-0.05, 0) is 60.7 Å². The van der Waals surface area contributed by atoms with Gasteiger partial charge in [0.1, 0.15) is 23.0 Å². The van der Waals surface area contributed by atoms with Crippen molar-refractivity contribution in [3.63, 3.8) is 0 Å². The summed E-state index contributed by atoms with van der Waals surface area (Å²) in [6, 6.07) is 33.9. The Morgan fingerprint density at radius 2 is 0.750 bits per heavy atom. The molecular weight excluding hydrogens is 348 g/mol. The van der Waals surface area contributed by atoms with Gasteiger partial charge in [-0.3, -0.25) is 0 Å². The number of benzene rings is 4. The summed E-state index contributed by atoms with van der Waals surface area (Å²) < 4.78 is 11.6. The summed E-state index contributed by atoms with van der Waals surface area (Å²) in [6.45, 7) is 0. The molecule has 0 radical (unpaired) electrons. The molecule has 0 aliphatic heterocycles. The average Bonchev–Trinajstić information content (AvgIpc) is 2.74. The minimum atomic E-state index is 0.692. The summed E-state index contributed by atoms with van der Waals surface area (Å²) in [4.78, 5) is 0. The van der Waals surface area contributed by atoms with Crippen LogP contribution < -0.4 is 20.9 Å². The first kappa shape index (κ1) is 18.9. The smallest absolute Gasteiger partial charge is 0.131 e. The van der Waals surface area contributed by atoms with Crippen LogP contribution in [0, 0.1) is 0 Å². The summed E-state index contributed by atoms with van der Waals surface area (Å²) in [6.07, 6.45) is 0. The normalized spacial score (nSPS) is 9.71. The van der Waals surface area contributed by atoms with Gasteiger partial charge in [0.2, 0.25) is 0 Å². The maximum absolute atomic E-state index is 5.78. The van der Waals surface area contributed by atoms with Crippen LogP contribution in [0.4, 0.5) is 11.4 Å². The van der Waals surface area contributed by atoms with Gasteiger partial charge in [-0.25, -0.2) is 0 Å². The van der Waals surface area contributed by atoms with E-state index < -0.39 is 0 Å². The molecule has 0 unspecified atom stereocenters. The first-order valence-electron chi connectivity index (χ1n) is 8.86. The Balaban J connectivity index is 0.000000320. The van der Waals surface area contributed by atoms with E-state index in [0.717, 1.165) is 11.5 Å². The molecule has 0 amide bonds. The highest BCUT2D eigenvalue weighted by Crippen LogP contribution is 2.28. The molecule has 28 heavy (non-hydrogen) atoms. The Morgan fingerprint density at radius 1 is 0.393 bits per heavy atom. The van der Waals surface area contributed by atoms with Crippen LogP contribution in [0.25, 0.3) is 0 Å². The monoisotopic (exact) mass is 370 g/mol. The second-order valence-corrected chi connectivity index (χ2v) is 5.97. The van der Waals surface area contributed by atoms with E-state index in [1.54, 1.807) is 24.3 Å². The van der Waals surface area contributed by atoms with Crippen molar-refractivity contribution in [1.29, 1.82) is 0 Å². The molecule has 0 saturated carbocycles. The topological polar surface area (TPSA) is 70.5 Å². The number of anilines is 2. The SMILES string of the molecule is Nc1ccc(Oc2cccc(Oc3ccc(N)cc3)c2)cc1.c1ccccc1. The molecule has 0 atom stereocenters. The highest BCUT2D eigenvalue weighted by atomic mass is 16.5. The molecule has 0 aliphatic rings. The first-order valence-corrected chi connectivity index (χ1v) is 8.86. The molecule has 0 fully saturated rings. The minimum Gasteiger partial charge on any atom is -0.457 e. The molecule has 4 aromatic carbocycles. The van der Waals surface area contributed by atoms with Crippen molar-refractivity contribution in [2.24, 2.45) is 0 Å². The third-order valence-electron chi connectivity index (χ3n) is 3.70. The zero-order chi connectivity index (χ0) is 19.6. The highest BCUT2D eigenvalue weighted by molar-refractivity contribution is 5.45. The lowest BCUT2D eigenvalue weighted by Gasteiger charge is -2.09. The lowest BCUT2D eigenvalue weighted by Crippen LogP contribution is -1.89. The fraction of sp³-hybridized carbons (Fsp3) is 0. The molecule has 0 heterocycles. The van der Waals surface area contributed by atoms with Gasteiger partial charge in [0, 0.05) is 17.4 Å². The van der Waals surface area contributed by atoms with Crippen molar-refractivity contribution in [2.75, 3.05) is 11.5 Å². The summed E-state index contributed by atoms with van der Waals surface area (Å²) >= 11 is 0. The van der Waals surface area contributed by atoms with E-state index in [1.807, 2.05) is 84.9 Å². The van der Waals surface area contributed by atoms with E-state index in [0.29, 0.717) is 22.9 Å². The van der Waals surface area contributed by atoms with E-state index in [1.165, 1.54) is 0 Å². The van der Waals surface area contributed by atoms with Gasteiger partial charge in [-0.15, -0.1) is 0 Å². The second-order valence-electron chi connectivity index (χ2n) is 5.97. The van der Waals surface area contributed by atoms with Crippen LogP contribution in [0.3, 0.4) is 0 Å². The lowest BCUT2D eigenvalue weighted by molar-refractivity contribution is 0.460. The molecule has 4 heteroatoms. The van der Waals surface area contributed by atoms with Gasteiger partial charge in [-0.1, -0.05) is 42.5 Å². The molecule has 0 spiro atoms. The number of hydrogen-bond donors (Lipinski definition) is 2. The van der Waals surface area contributed by atoms with Crippen molar-refractivity contribution in [1.82, 2.24) is 0 Å². The average molecular weight is 370 g/mol. The second kappa shape index (κ2) is 9.69. The van der Waals surface area contributed by atoms with Crippen LogP contribution in [0.2, 0.25) is 0 Å². The molecule has 4 nitrogen and oxygen atoms in total. The fourth-order valence-corrected chi connectivity index (χ4v) is 2.33. The Kier molecular flexibility index (Phi) is 6.53. The van der Waals surface area contributed by atoms with Crippen molar-refractivity contribution in [2.45, 2.75) is 0 Å². The maximum Gasteiger partial charge on any atom is 0.131 e. The molecule has 0 saturated heterocycles. The number of ether oxygens (including phenoxy) is 2. The number of hydrogen-bond acceptors (Lipinski definition) is 4. The van der Waals surface area contributed by atoms with E-state index in [2.05, 4.69) is 0 Å². The number of rotatable bonds is 4. The van der Waals surface area contributed by atoms with Gasteiger partial charge >= 0.3 is 0 Å². The van der Waals surface area contributed by atoms with Crippen LogP contribution >= 0.6 is 0 Å². The lowest BCUT2D eigenvalue weighted by atomic mass is 10.3. The zero-order valence-electron chi connectivity index (χ0n) is 15.4. The summed E-state index contributed by atoms with van der Waals surface area (Å²) in [5, 5.41) is 0. The summed E-state index contributed by atoms with van der Waals surface area (Å²) in [5.41, 5.74) is 12.7. The predicted octanol–water partition coefficient (Wildman–Crippen LogP) is 6.12. The largest absolute Gasteiger partial charge is 0.457 e. The van der Waals surface area contributed by atoms with Crippen molar-refractivity contribution < 1.29 is 9.47 Å². The quantitative estimate of drug-likeness (QED) is 0.424. The van der Waals surface area contributed by atoms with Gasteiger partial charge < -0.3 is 20.9 Å². The summed E-state index contributed by atoms with van der Waals surface area (Å²) in [5.74, 6) is 2.83. The third-order valence-corrected chi connectivity index (χ3v) is 3.70. The standard InChI is InChI=1S/C18H16N2O2.C6H6/c19-13-4-8-15(9-5-13)21-17-2-1-3-18(12-17)22-16-10-6-14(20)7-11-16;1-2-4-6-5-3-1/h1-12H,19-20H2;1-6H. The van der Waals surface area contributed by atoms with Gasteiger partial charge in [-0.2, -0.15) is 0 Å². The van der Waals surface area contributed by atoms with E-state index in [-0.39, 0.29) is 0 Å². The van der Waals surface area contributed by atoms with Crippen molar-refractivity contribution >= 4 is 11.4 Å². The molecule has 0 aromatic heterocycles. The van der Waals surface area contributed by atoms with E-state index in [9.17, 15) is 0 Å². The van der Waals surface area contributed by atoms with E-state index >= 15 is 0 Å². The van der Waals surface area contributed by atoms with Crippen LogP contribution in [0.5, 0.6) is 23.0 Å². The highest BCUT2D eigenvalue weighted by Gasteiger charge is 2.02. The molecule has 0 aliphatic carbocycles. The van der Waals surface area contributed by atoms with Crippen LogP contribution in [0.1, 0.15) is 0 Å². The molecule has 140 valence electrons. The Bertz CT molecular complexity index is 880. The molecule has 4 rings (SSSR count).